The Balaban J connectivity index is 1.59. The van der Waals surface area contributed by atoms with E-state index in [1.807, 2.05) is 36.4 Å². The van der Waals surface area contributed by atoms with E-state index in [0.717, 1.165) is 34.1 Å². The van der Waals surface area contributed by atoms with Gasteiger partial charge in [0.25, 0.3) is 0 Å². The molecule has 1 saturated heterocycles. The van der Waals surface area contributed by atoms with Gasteiger partial charge in [0.15, 0.2) is 5.58 Å². The Morgan fingerprint density at radius 1 is 1.23 bits per heavy atom. The first-order chi connectivity index (χ1) is 14.6. The molecule has 2 N–H and O–H groups in total. The zero-order valence-corrected chi connectivity index (χ0v) is 17.8. The van der Waals surface area contributed by atoms with Crippen molar-refractivity contribution >= 4 is 32.5 Å². The van der Waals surface area contributed by atoms with Gasteiger partial charge >= 0.3 is 5.63 Å². The number of para-hydroxylation sites is 1. The normalized spacial score (nSPS) is 19.5. The minimum absolute atomic E-state index is 0.200. The van der Waals surface area contributed by atoms with E-state index in [4.69, 9.17) is 4.42 Å². The lowest BCUT2D eigenvalue weighted by atomic mass is 9.98. The van der Waals surface area contributed by atoms with E-state index in [2.05, 4.69) is 11.9 Å². The van der Waals surface area contributed by atoms with Crippen molar-refractivity contribution in [3.8, 4) is 16.3 Å². The molecule has 1 aliphatic rings. The molecular formula is C24H25N2O3S+. The molecular weight excluding hydrogens is 396 g/mol. The molecule has 3 heterocycles. The largest absolute Gasteiger partial charge is 0.507 e. The second-order valence-corrected chi connectivity index (χ2v) is 9.13. The van der Waals surface area contributed by atoms with Crippen LogP contribution in [0.15, 0.2) is 51.7 Å². The third-order valence-corrected chi connectivity index (χ3v) is 7.35. The Labute approximate surface area is 178 Å². The predicted octanol–water partition coefficient (Wildman–Crippen LogP) is 4.12. The molecule has 0 bridgehead atoms. The Morgan fingerprint density at radius 2 is 2.10 bits per heavy atom. The first-order valence-corrected chi connectivity index (χ1v) is 11.4. The number of piperidine rings is 1. The number of hydrogen-bond donors (Lipinski definition) is 2. The maximum absolute atomic E-state index is 12.9. The number of phenolic OH excluding ortho intramolecular Hbond substituents is 1. The van der Waals surface area contributed by atoms with Crippen LogP contribution < -0.4 is 10.5 Å². The van der Waals surface area contributed by atoms with Gasteiger partial charge in [-0.25, -0.2) is 9.78 Å². The molecule has 0 radical (unpaired) electrons. The summed E-state index contributed by atoms with van der Waals surface area (Å²) in [5.74, 6) is 0.200. The van der Waals surface area contributed by atoms with E-state index >= 15 is 0 Å². The van der Waals surface area contributed by atoms with Crippen molar-refractivity contribution in [2.75, 3.05) is 6.54 Å². The van der Waals surface area contributed by atoms with Crippen LogP contribution in [0.4, 0.5) is 0 Å². The second kappa shape index (κ2) is 7.85. The highest BCUT2D eigenvalue weighted by molar-refractivity contribution is 7.21. The van der Waals surface area contributed by atoms with E-state index in [-0.39, 0.29) is 5.75 Å². The zero-order chi connectivity index (χ0) is 20.7. The van der Waals surface area contributed by atoms with Crippen molar-refractivity contribution in [2.45, 2.75) is 45.2 Å². The van der Waals surface area contributed by atoms with Crippen molar-refractivity contribution in [1.82, 2.24) is 4.98 Å². The third kappa shape index (κ3) is 3.40. The number of aromatic nitrogens is 1. The van der Waals surface area contributed by atoms with Gasteiger partial charge in [-0.1, -0.05) is 19.1 Å². The molecule has 0 saturated carbocycles. The summed E-state index contributed by atoms with van der Waals surface area (Å²) < 4.78 is 6.84. The van der Waals surface area contributed by atoms with Crippen LogP contribution in [0.1, 0.15) is 38.2 Å². The highest BCUT2D eigenvalue weighted by Gasteiger charge is 2.27. The Kier molecular flexibility index (Phi) is 5.05. The van der Waals surface area contributed by atoms with Crippen LogP contribution in [0.5, 0.6) is 5.75 Å². The van der Waals surface area contributed by atoms with Gasteiger partial charge in [-0.15, -0.1) is 11.3 Å². The van der Waals surface area contributed by atoms with E-state index < -0.39 is 5.63 Å². The predicted molar refractivity (Wildman–Crippen MR) is 120 cm³/mol. The summed E-state index contributed by atoms with van der Waals surface area (Å²) in [5.41, 5.74) is 2.17. The molecule has 2 aromatic heterocycles. The minimum atomic E-state index is -0.408. The van der Waals surface area contributed by atoms with E-state index in [9.17, 15) is 9.90 Å². The van der Waals surface area contributed by atoms with Gasteiger partial charge in [-0.05, 0) is 56.0 Å². The maximum atomic E-state index is 12.9. The van der Waals surface area contributed by atoms with E-state index in [1.54, 1.807) is 6.07 Å². The molecule has 6 heteroatoms. The number of hydrogen-bond acceptors (Lipinski definition) is 5. The number of fused-ring (bicyclic) bond motifs is 2. The highest BCUT2D eigenvalue weighted by Crippen LogP contribution is 2.32. The summed E-state index contributed by atoms with van der Waals surface area (Å²) in [6.45, 7) is 3.98. The van der Waals surface area contributed by atoms with Crippen LogP contribution in [0, 0.1) is 0 Å². The fraction of sp³-hybridized carbons (Fsp3) is 0.333. The lowest BCUT2D eigenvalue weighted by Gasteiger charge is -2.32. The van der Waals surface area contributed by atoms with Crippen molar-refractivity contribution in [1.29, 1.82) is 0 Å². The molecule has 154 valence electrons. The smallest absolute Gasteiger partial charge is 0.346 e. The summed E-state index contributed by atoms with van der Waals surface area (Å²) in [4.78, 5) is 19.0. The Bertz CT molecular complexity index is 1240. The number of thiazole rings is 1. The quantitative estimate of drug-likeness (QED) is 0.487. The van der Waals surface area contributed by atoms with Gasteiger partial charge < -0.3 is 14.4 Å². The number of quaternary nitrogens is 1. The van der Waals surface area contributed by atoms with Crippen molar-refractivity contribution < 1.29 is 14.4 Å². The number of phenols is 1. The topological polar surface area (TPSA) is 67.8 Å². The fourth-order valence-electron chi connectivity index (χ4n) is 4.64. The highest BCUT2D eigenvalue weighted by atomic mass is 32.1. The average Bonchev–Trinajstić information content (AvgIpc) is 3.20. The minimum Gasteiger partial charge on any atom is -0.507 e. The van der Waals surface area contributed by atoms with Crippen molar-refractivity contribution in [2.24, 2.45) is 0 Å². The number of nitrogens with one attached hydrogen (secondary N) is 1. The molecule has 30 heavy (non-hydrogen) atoms. The van der Waals surface area contributed by atoms with Crippen LogP contribution in [0.25, 0.3) is 31.8 Å². The summed E-state index contributed by atoms with van der Waals surface area (Å²) >= 11 is 1.49. The summed E-state index contributed by atoms with van der Waals surface area (Å²) in [6.07, 6.45) is 4.79. The Hall–Kier alpha value is -2.70. The van der Waals surface area contributed by atoms with Gasteiger partial charge in [0, 0.05) is 5.39 Å². The van der Waals surface area contributed by atoms with Gasteiger partial charge in [-0.2, -0.15) is 0 Å². The van der Waals surface area contributed by atoms with Gasteiger partial charge in [0.1, 0.15) is 17.3 Å². The van der Waals surface area contributed by atoms with E-state index in [1.165, 1.54) is 35.5 Å². The summed E-state index contributed by atoms with van der Waals surface area (Å²) in [7, 11) is 0. The van der Waals surface area contributed by atoms with Gasteiger partial charge in [-0.3, -0.25) is 0 Å². The molecule has 2 atom stereocenters. The number of benzene rings is 2. The first-order valence-electron chi connectivity index (χ1n) is 10.6. The molecule has 1 aliphatic heterocycles. The van der Waals surface area contributed by atoms with Crippen molar-refractivity contribution in [3.05, 3.63) is 58.4 Å². The molecule has 4 aromatic rings. The monoisotopic (exact) mass is 421 g/mol. The second-order valence-electron chi connectivity index (χ2n) is 8.10. The fourth-order valence-corrected chi connectivity index (χ4v) is 5.61. The zero-order valence-electron chi connectivity index (χ0n) is 17.0. The summed E-state index contributed by atoms with van der Waals surface area (Å²) in [5, 5.41) is 12.1. The number of rotatable bonds is 4. The molecule has 5 rings (SSSR count). The summed E-state index contributed by atoms with van der Waals surface area (Å²) in [6, 6.07) is 13.8. The van der Waals surface area contributed by atoms with E-state index in [0.29, 0.717) is 28.7 Å². The lowest BCUT2D eigenvalue weighted by Crippen LogP contribution is -3.15. The standard InChI is InChI=1S/C24H24N2O3S/c1-2-16-7-5-6-12-26(16)14-18-20(27)11-10-15-13-17(24(28)29-22(15)18)23-25-19-8-3-4-9-21(19)30-23/h3-4,8-11,13,16,27H,2,5-7,12,14H2,1H3/p+1. The Morgan fingerprint density at radius 3 is 2.93 bits per heavy atom. The van der Waals surface area contributed by atoms with Gasteiger partial charge in [0.05, 0.1) is 33.9 Å². The van der Waals surface area contributed by atoms with Crippen LogP contribution >= 0.6 is 11.3 Å². The van der Waals surface area contributed by atoms with Crippen molar-refractivity contribution in [3.63, 3.8) is 0 Å². The number of nitrogens with zero attached hydrogens (tertiary/aromatic N) is 1. The van der Waals surface area contributed by atoms with Crippen LogP contribution in [-0.4, -0.2) is 22.7 Å². The SMILES string of the molecule is CCC1CCCC[NH+]1Cc1c(O)ccc2cc(-c3nc4ccccc4s3)c(=O)oc12. The maximum Gasteiger partial charge on any atom is 0.346 e. The molecule has 2 unspecified atom stereocenters. The average molecular weight is 422 g/mol. The lowest BCUT2D eigenvalue weighted by molar-refractivity contribution is -0.944. The molecule has 5 nitrogen and oxygen atoms in total. The number of aromatic hydroxyl groups is 1. The third-order valence-electron chi connectivity index (χ3n) is 6.28. The molecule has 1 fully saturated rings. The van der Waals surface area contributed by atoms with Crippen LogP contribution in [-0.2, 0) is 6.54 Å². The molecule has 0 amide bonds. The van der Waals surface area contributed by atoms with Crippen LogP contribution in [0.2, 0.25) is 0 Å². The molecule has 0 aliphatic carbocycles. The molecule has 0 spiro atoms. The first kappa shape index (κ1) is 19.3. The molecule has 2 aromatic carbocycles. The number of likely N-dealkylation sites (tertiary alicyclic amines) is 1. The van der Waals surface area contributed by atoms with Gasteiger partial charge in [0.2, 0.25) is 0 Å². The van der Waals surface area contributed by atoms with Crippen LogP contribution in [0.3, 0.4) is 0 Å².